The summed E-state index contributed by atoms with van der Waals surface area (Å²) in [6.45, 7) is 8.42. The molecule has 3 N–H and O–H groups in total. The number of sulfonamides is 1. The zero-order valence-corrected chi connectivity index (χ0v) is 19.8. The molecule has 0 bridgehead atoms. The molecular weight excluding hydrogens is 435 g/mol. The number of nitrogens with zero attached hydrogens (tertiary/aromatic N) is 2. The Hall–Kier alpha value is -1.06. The fourth-order valence-corrected chi connectivity index (χ4v) is 4.68. The Morgan fingerprint density at radius 2 is 1.79 bits per heavy atom. The van der Waals surface area contributed by atoms with Gasteiger partial charge >= 0.3 is 0 Å². The SMILES string of the molecule is Cc1cccc(N2CCN(S(=O)(=O)CC(=O)NC(CN)CC(C)C)CC2)c1.Cl.Cl. The zero-order valence-electron chi connectivity index (χ0n) is 17.3. The Labute approximate surface area is 187 Å². The van der Waals surface area contributed by atoms with Gasteiger partial charge in [0.25, 0.3) is 0 Å². The van der Waals surface area contributed by atoms with Gasteiger partial charge in [-0.25, -0.2) is 8.42 Å². The summed E-state index contributed by atoms with van der Waals surface area (Å²) in [6.07, 6.45) is 0.734. The van der Waals surface area contributed by atoms with Crippen molar-refractivity contribution in [1.29, 1.82) is 0 Å². The van der Waals surface area contributed by atoms with E-state index in [9.17, 15) is 13.2 Å². The van der Waals surface area contributed by atoms with Crippen LogP contribution in [0.5, 0.6) is 0 Å². The smallest absolute Gasteiger partial charge is 0.236 e. The van der Waals surface area contributed by atoms with E-state index in [1.54, 1.807) is 0 Å². The molecule has 0 aliphatic carbocycles. The number of nitrogens with one attached hydrogen (secondary N) is 1. The standard InChI is InChI=1S/C19H32N4O3S.2ClH/c1-15(2)11-17(13-20)21-19(24)14-27(25,26)23-9-7-22(8-10-23)18-6-4-5-16(3)12-18;;/h4-6,12,15,17H,7-11,13-14,20H2,1-3H3,(H,21,24);2*1H. The number of piperazine rings is 1. The van der Waals surface area contributed by atoms with Crippen LogP contribution in [0.2, 0.25) is 0 Å². The average Bonchev–Trinajstić information content (AvgIpc) is 2.60. The number of carbonyl (C=O) groups excluding carboxylic acids is 1. The Morgan fingerprint density at radius 3 is 2.31 bits per heavy atom. The van der Waals surface area contributed by atoms with Crippen molar-refractivity contribution in [3.05, 3.63) is 29.8 Å². The van der Waals surface area contributed by atoms with Crippen LogP contribution >= 0.6 is 24.8 Å². The fraction of sp³-hybridized carbons (Fsp3) is 0.632. The molecule has 1 amide bonds. The number of nitrogens with two attached hydrogens (primary N) is 1. The first-order chi connectivity index (χ1) is 12.7. The molecule has 0 saturated carbocycles. The van der Waals surface area contributed by atoms with Gasteiger partial charge in [-0.2, -0.15) is 4.31 Å². The van der Waals surface area contributed by atoms with Crippen LogP contribution in [0.3, 0.4) is 0 Å². The normalized spacial score (nSPS) is 16.0. The van der Waals surface area contributed by atoms with Crippen molar-refractivity contribution in [2.24, 2.45) is 11.7 Å². The topological polar surface area (TPSA) is 95.7 Å². The predicted molar refractivity (Wildman–Crippen MR) is 124 cm³/mol. The monoisotopic (exact) mass is 468 g/mol. The fourth-order valence-electron chi connectivity index (χ4n) is 3.36. The van der Waals surface area contributed by atoms with Gasteiger partial charge in [-0.3, -0.25) is 4.79 Å². The molecule has 1 aliphatic rings. The first kappa shape index (κ1) is 27.9. The van der Waals surface area contributed by atoms with Crippen LogP contribution in [-0.4, -0.2) is 63.1 Å². The Morgan fingerprint density at radius 1 is 1.17 bits per heavy atom. The van der Waals surface area contributed by atoms with Gasteiger partial charge in [0.15, 0.2) is 0 Å². The summed E-state index contributed by atoms with van der Waals surface area (Å²) in [5.41, 5.74) is 7.95. The number of anilines is 1. The van der Waals surface area contributed by atoms with E-state index in [1.165, 1.54) is 9.87 Å². The lowest BCUT2D eigenvalue weighted by Crippen LogP contribution is -2.51. The summed E-state index contributed by atoms with van der Waals surface area (Å²) >= 11 is 0. The summed E-state index contributed by atoms with van der Waals surface area (Å²) in [7, 11) is -3.62. The maximum atomic E-state index is 12.6. The molecule has 0 radical (unpaired) electrons. The number of halogens is 2. The van der Waals surface area contributed by atoms with E-state index in [4.69, 9.17) is 5.73 Å². The minimum Gasteiger partial charge on any atom is -0.369 e. The number of benzene rings is 1. The number of aryl methyl sites for hydroxylation is 1. The maximum Gasteiger partial charge on any atom is 0.236 e. The third-order valence-electron chi connectivity index (χ3n) is 4.72. The molecule has 168 valence electrons. The molecule has 1 unspecified atom stereocenters. The predicted octanol–water partition coefficient (Wildman–Crippen LogP) is 1.78. The molecule has 1 fully saturated rings. The highest BCUT2D eigenvalue weighted by atomic mass is 35.5. The number of carbonyl (C=O) groups is 1. The van der Waals surface area contributed by atoms with Crippen molar-refractivity contribution in [3.8, 4) is 0 Å². The summed E-state index contributed by atoms with van der Waals surface area (Å²) in [6, 6.07) is 7.98. The molecule has 7 nitrogen and oxygen atoms in total. The van der Waals surface area contributed by atoms with Crippen molar-refractivity contribution >= 4 is 46.4 Å². The second kappa shape index (κ2) is 12.6. The molecule has 1 aliphatic heterocycles. The third-order valence-corrected chi connectivity index (χ3v) is 6.50. The molecule has 1 heterocycles. The minimum atomic E-state index is -3.62. The number of amides is 1. The molecule has 2 rings (SSSR count). The summed E-state index contributed by atoms with van der Waals surface area (Å²) < 4.78 is 26.6. The van der Waals surface area contributed by atoms with E-state index >= 15 is 0 Å². The van der Waals surface area contributed by atoms with E-state index in [2.05, 4.69) is 16.3 Å². The van der Waals surface area contributed by atoms with Crippen molar-refractivity contribution in [2.45, 2.75) is 33.2 Å². The second-order valence-electron chi connectivity index (χ2n) is 7.61. The van der Waals surface area contributed by atoms with Crippen LogP contribution in [0.15, 0.2) is 24.3 Å². The molecule has 0 aromatic heterocycles. The lowest BCUT2D eigenvalue weighted by atomic mass is 10.0. The van der Waals surface area contributed by atoms with Gasteiger partial charge < -0.3 is 16.0 Å². The Bertz CT molecular complexity index is 739. The van der Waals surface area contributed by atoms with Gasteiger partial charge in [0.05, 0.1) is 0 Å². The molecule has 29 heavy (non-hydrogen) atoms. The average molecular weight is 469 g/mol. The van der Waals surface area contributed by atoms with Crippen LogP contribution < -0.4 is 16.0 Å². The highest BCUT2D eigenvalue weighted by molar-refractivity contribution is 7.89. The van der Waals surface area contributed by atoms with Gasteiger partial charge in [-0.15, -0.1) is 24.8 Å². The van der Waals surface area contributed by atoms with E-state index in [0.29, 0.717) is 38.6 Å². The molecular formula is C19H34Cl2N4O3S. The summed E-state index contributed by atoms with van der Waals surface area (Å²) in [4.78, 5) is 14.4. The van der Waals surface area contributed by atoms with Gasteiger partial charge in [0.2, 0.25) is 15.9 Å². The quantitative estimate of drug-likeness (QED) is 0.605. The van der Waals surface area contributed by atoms with Crippen molar-refractivity contribution in [3.63, 3.8) is 0 Å². The van der Waals surface area contributed by atoms with E-state index in [1.807, 2.05) is 39.0 Å². The third kappa shape index (κ3) is 8.68. The molecule has 1 atom stereocenters. The first-order valence-corrected chi connectivity index (χ1v) is 11.1. The number of rotatable bonds is 8. The molecule has 1 aromatic rings. The number of hydrogen-bond acceptors (Lipinski definition) is 5. The largest absolute Gasteiger partial charge is 0.369 e. The zero-order chi connectivity index (χ0) is 20.0. The number of hydrogen-bond donors (Lipinski definition) is 2. The second-order valence-corrected chi connectivity index (χ2v) is 9.58. The van der Waals surface area contributed by atoms with E-state index < -0.39 is 21.7 Å². The Balaban J connectivity index is 0.00000392. The molecule has 1 aromatic carbocycles. The molecule has 10 heteroatoms. The van der Waals surface area contributed by atoms with Crippen molar-refractivity contribution < 1.29 is 13.2 Å². The highest BCUT2D eigenvalue weighted by Gasteiger charge is 2.29. The van der Waals surface area contributed by atoms with Gasteiger partial charge in [0.1, 0.15) is 5.75 Å². The van der Waals surface area contributed by atoms with E-state index in [0.717, 1.165) is 12.1 Å². The lowest BCUT2D eigenvalue weighted by Gasteiger charge is -2.35. The molecule has 0 spiro atoms. The molecule has 1 saturated heterocycles. The van der Waals surface area contributed by atoms with Crippen LogP contribution in [0.1, 0.15) is 25.8 Å². The van der Waals surface area contributed by atoms with Gasteiger partial charge in [-0.1, -0.05) is 26.0 Å². The van der Waals surface area contributed by atoms with Crippen LogP contribution in [0.4, 0.5) is 5.69 Å². The minimum absolute atomic E-state index is 0. The Kier molecular flexibility index (Phi) is 12.1. The van der Waals surface area contributed by atoms with Gasteiger partial charge in [-0.05, 0) is 37.0 Å². The van der Waals surface area contributed by atoms with Crippen LogP contribution in [0, 0.1) is 12.8 Å². The lowest BCUT2D eigenvalue weighted by molar-refractivity contribution is -0.119. The van der Waals surface area contributed by atoms with Gasteiger partial charge in [0, 0.05) is 44.5 Å². The maximum absolute atomic E-state index is 12.6. The van der Waals surface area contributed by atoms with E-state index in [-0.39, 0.29) is 30.9 Å². The summed E-state index contributed by atoms with van der Waals surface area (Å²) in [5, 5.41) is 2.75. The highest BCUT2D eigenvalue weighted by Crippen LogP contribution is 2.19. The van der Waals surface area contributed by atoms with Crippen LogP contribution in [-0.2, 0) is 14.8 Å². The summed E-state index contributed by atoms with van der Waals surface area (Å²) in [5.74, 6) is -0.621. The van der Waals surface area contributed by atoms with Crippen LogP contribution in [0.25, 0.3) is 0 Å². The van der Waals surface area contributed by atoms with Crippen molar-refractivity contribution in [2.75, 3.05) is 43.4 Å². The first-order valence-electron chi connectivity index (χ1n) is 9.50. The van der Waals surface area contributed by atoms with Crippen molar-refractivity contribution in [1.82, 2.24) is 9.62 Å².